The molecule has 2 aromatic heterocycles. The minimum Gasteiger partial charge on any atom is -0.464 e. The van der Waals surface area contributed by atoms with Crippen LogP contribution in [0.1, 0.15) is 21.7 Å². The number of carbonyl (C=O) groups is 2. The molecule has 0 aliphatic rings. The van der Waals surface area contributed by atoms with Gasteiger partial charge in [-0.05, 0) is 54.6 Å². The van der Waals surface area contributed by atoms with Crippen LogP contribution in [0.5, 0.6) is 0 Å². The first-order valence-corrected chi connectivity index (χ1v) is 10.9. The zero-order valence-electron chi connectivity index (χ0n) is 16.5. The fraction of sp³-hybridized carbons (Fsp3) is 0.0400. The van der Waals surface area contributed by atoms with Crippen molar-refractivity contribution < 1.29 is 18.4 Å². The van der Waals surface area contributed by atoms with Gasteiger partial charge in [-0.1, -0.05) is 39.7 Å². The number of para-hydroxylation sites is 1. The van der Waals surface area contributed by atoms with E-state index in [-0.39, 0.29) is 23.9 Å². The van der Waals surface area contributed by atoms with Crippen molar-refractivity contribution in [2.24, 2.45) is 0 Å². The van der Waals surface area contributed by atoms with Gasteiger partial charge in [0.1, 0.15) is 11.2 Å². The second kappa shape index (κ2) is 8.30. The number of benzene rings is 3. The molecule has 5 nitrogen and oxygen atoms in total. The lowest BCUT2D eigenvalue weighted by Crippen LogP contribution is -2.16. The van der Waals surface area contributed by atoms with E-state index < -0.39 is 0 Å². The van der Waals surface area contributed by atoms with Crippen molar-refractivity contribution in [2.45, 2.75) is 6.42 Å². The largest absolute Gasteiger partial charge is 0.464 e. The Morgan fingerprint density at radius 2 is 1.72 bits per heavy atom. The van der Waals surface area contributed by atoms with Gasteiger partial charge in [-0.25, -0.2) is 0 Å². The maximum Gasteiger partial charge on any atom is 0.230 e. The zero-order valence-corrected chi connectivity index (χ0v) is 18.9. The standard InChI is InChI=1S/C25H15BrClNO4/c26-16-7-10-20-19(12-16)15(13-31-20)11-22(29)28-23-18-3-1-2-4-21(18)32-25(23)24(30)14-5-8-17(27)9-6-14/h1-10,12-13H,11H2,(H,28,29). The second-order valence-electron chi connectivity index (χ2n) is 7.26. The van der Waals surface area contributed by atoms with Gasteiger partial charge in [0.15, 0.2) is 5.76 Å². The van der Waals surface area contributed by atoms with Crippen LogP contribution in [0, 0.1) is 0 Å². The summed E-state index contributed by atoms with van der Waals surface area (Å²) < 4.78 is 12.3. The van der Waals surface area contributed by atoms with Gasteiger partial charge < -0.3 is 14.2 Å². The van der Waals surface area contributed by atoms with Gasteiger partial charge in [0.05, 0.1) is 18.4 Å². The molecule has 5 rings (SSSR count). The van der Waals surface area contributed by atoms with E-state index in [0.717, 1.165) is 15.4 Å². The summed E-state index contributed by atoms with van der Waals surface area (Å²) in [6, 6.07) is 19.3. The molecule has 2 heterocycles. The summed E-state index contributed by atoms with van der Waals surface area (Å²) in [4.78, 5) is 26.1. The lowest BCUT2D eigenvalue weighted by molar-refractivity contribution is -0.115. The lowest BCUT2D eigenvalue weighted by Gasteiger charge is -2.06. The SMILES string of the molecule is O=C(Cc1coc2ccc(Br)cc12)Nc1c(C(=O)c2ccc(Cl)cc2)oc2ccccc12. The molecule has 0 atom stereocenters. The van der Waals surface area contributed by atoms with Gasteiger partial charge in [-0.15, -0.1) is 0 Å². The zero-order chi connectivity index (χ0) is 22.2. The molecule has 0 spiro atoms. The molecule has 0 aliphatic heterocycles. The number of furan rings is 2. The first kappa shape index (κ1) is 20.5. The second-order valence-corrected chi connectivity index (χ2v) is 8.62. The average molecular weight is 509 g/mol. The first-order chi connectivity index (χ1) is 15.5. The Hall–Kier alpha value is -3.35. The first-order valence-electron chi connectivity index (χ1n) is 9.77. The molecular weight excluding hydrogens is 494 g/mol. The van der Waals surface area contributed by atoms with Crippen molar-refractivity contribution in [3.8, 4) is 0 Å². The molecular formula is C25H15BrClNO4. The summed E-state index contributed by atoms with van der Waals surface area (Å²) in [5.74, 6) is -0.558. The van der Waals surface area contributed by atoms with Crippen LogP contribution in [-0.4, -0.2) is 11.7 Å². The minimum absolute atomic E-state index is 0.0710. The third-order valence-corrected chi connectivity index (χ3v) is 5.88. The van der Waals surface area contributed by atoms with E-state index in [1.54, 1.807) is 42.7 Å². The fourth-order valence-corrected chi connectivity index (χ4v) is 4.10. The van der Waals surface area contributed by atoms with Crippen LogP contribution >= 0.6 is 27.5 Å². The molecule has 0 fully saturated rings. The predicted molar refractivity (Wildman–Crippen MR) is 127 cm³/mol. The van der Waals surface area contributed by atoms with Crippen molar-refractivity contribution in [1.29, 1.82) is 0 Å². The fourth-order valence-electron chi connectivity index (χ4n) is 3.61. The molecule has 1 N–H and O–H groups in total. The molecule has 1 amide bonds. The van der Waals surface area contributed by atoms with Gasteiger partial charge >= 0.3 is 0 Å². The Balaban J connectivity index is 1.49. The van der Waals surface area contributed by atoms with Gasteiger partial charge in [0, 0.05) is 31.4 Å². The Bertz CT molecular complexity index is 1480. The van der Waals surface area contributed by atoms with E-state index in [1.807, 2.05) is 30.3 Å². The summed E-state index contributed by atoms with van der Waals surface area (Å²) in [5.41, 5.74) is 2.72. The summed E-state index contributed by atoms with van der Waals surface area (Å²) >= 11 is 9.39. The predicted octanol–water partition coefficient (Wildman–Crippen LogP) is 7.01. The van der Waals surface area contributed by atoms with Crippen molar-refractivity contribution in [3.05, 3.63) is 99.4 Å². The third kappa shape index (κ3) is 3.83. The summed E-state index contributed by atoms with van der Waals surface area (Å²) in [5, 5.41) is 4.91. The normalized spacial score (nSPS) is 11.2. The Morgan fingerprint density at radius 3 is 2.53 bits per heavy atom. The number of anilines is 1. The van der Waals surface area contributed by atoms with E-state index in [4.69, 9.17) is 20.4 Å². The van der Waals surface area contributed by atoms with Crippen molar-refractivity contribution in [2.75, 3.05) is 5.32 Å². The number of ketones is 1. The highest BCUT2D eigenvalue weighted by atomic mass is 79.9. The van der Waals surface area contributed by atoms with Crippen LogP contribution in [0.15, 0.2) is 86.3 Å². The van der Waals surface area contributed by atoms with E-state index in [2.05, 4.69) is 21.2 Å². The highest BCUT2D eigenvalue weighted by Crippen LogP contribution is 2.33. The highest BCUT2D eigenvalue weighted by Gasteiger charge is 2.24. The lowest BCUT2D eigenvalue weighted by atomic mass is 10.1. The number of hydrogen-bond donors (Lipinski definition) is 1. The van der Waals surface area contributed by atoms with Crippen LogP contribution in [0.25, 0.3) is 21.9 Å². The molecule has 0 unspecified atom stereocenters. The summed E-state index contributed by atoms with van der Waals surface area (Å²) in [6.45, 7) is 0. The molecule has 32 heavy (non-hydrogen) atoms. The number of rotatable bonds is 5. The monoisotopic (exact) mass is 507 g/mol. The molecule has 0 bridgehead atoms. The van der Waals surface area contributed by atoms with E-state index >= 15 is 0 Å². The van der Waals surface area contributed by atoms with Gasteiger partial charge in [-0.2, -0.15) is 0 Å². The van der Waals surface area contributed by atoms with Crippen LogP contribution in [0.3, 0.4) is 0 Å². The van der Waals surface area contributed by atoms with Crippen LogP contribution in [-0.2, 0) is 11.2 Å². The molecule has 0 radical (unpaired) electrons. The molecule has 7 heteroatoms. The molecule has 0 saturated heterocycles. The smallest absolute Gasteiger partial charge is 0.230 e. The van der Waals surface area contributed by atoms with Crippen molar-refractivity contribution in [3.63, 3.8) is 0 Å². The number of carbonyl (C=O) groups excluding carboxylic acids is 2. The average Bonchev–Trinajstić information content (AvgIpc) is 3.35. The van der Waals surface area contributed by atoms with Gasteiger partial charge in [0.2, 0.25) is 11.7 Å². The maximum atomic E-state index is 13.2. The van der Waals surface area contributed by atoms with Crippen LogP contribution in [0.2, 0.25) is 5.02 Å². The topological polar surface area (TPSA) is 72.5 Å². The highest BCUT2D eigenvalue weighted by molar-refractivity contribution is 9.10. The van der Waals surface area contributed by atoms with Crippen molar-refractivity contribution >= 4 is 66.8 Å². The molecule has 0 saturated carbocycles. The van der Waals surface area contributed by atoms with Crippen LogP contribution < -0.4 is 5.32 Å². The quantitative estimate of drug-likeness (QED) is 0.259. The number of nitrogens with one attached hydrogen (secondary N) is 1. The van der Waals surface area contributed by atoms with Crippen molar-refractivity contribution in [1.82, 2.24) is 0 Å². The Labute approximate surface area is 196 Å². The minimum atomic E-state index is -0.342. The molecule has 3 aromatic carbocycles. The number of hydrogen-bond acceptors (Lipinski definition) is 4. The third-order valence-electron chi connectivity index (χ3n) is 5.14. The summed E-state index contributed by atoms with van der Waals surface area (Å²) in [7, 11) is 0. The molecule has 158 valence electrons. The Kier molecular flexibility index (Phi) is 5.33. The van der Waals surface area contributed by atoms with Crippen LogP contribution in [0.4, 0.5) is 5.69 Å². The van der Waals surface area contributed by atoms with Gasteiger partial charge in [-0.3, -0.25) is 9.59 Å². The number of amides is 1. The molecule has 0 aliphatic carbocycles. The number of halogens is 2. The summed E-state index contributed by atoms with van der Waals surface area (Å²) in [6.07, 6.45) is 1.65. The van der Waals surface area contributed by atoms with Gasteiger partial charge in [0.25, 0.3) is 0 Å². The number of fused-ring (bicyclic) bond motifs is 2. The van der Waals surface area contributed by atoms with E-state index in [0.29, 0.717) is 32.8 Å². The van der Waals surface area contributed by atoms with E-state index in [9.17, 15) is 9.59 Å². The Morgan fingerprint density at radius 1 is 0.938 bits per heavy atom. The maximum absolute atomic E-state index is 13.2. The van der Waals surface area contributed by atoms with E-state index in [1.165, 1.54) is 0 Å². The molecule has 5 aromatic rings.